The number of para-hydroxylation sites is 4. The van der Waals surface area contributed by atoms with E-state index in [1.165, 1.54) is 24.3 Å². The van der Waals surface area contributed by atoms with Crippen molar-refractivity contribution in [3.8, 4) is 0 Å². The van der Waals surface area contributed by atoms with Crippen LogP contribution in [-0.2, 0) is 0 Å². The third-order valence-electron chi connectivity index (χ3n) is 8.47. The molecule has 0 atom stereocenters. The molecule has 0 aliphatic heterocycles. The van der Waals surface area contributed by atoms with Crippen molar-refractivity contribution in [1.82, 2.24) is 0 Å². The summed E-state index contributed by atoms with van der Waals surface area (Å²) in [4.78, 5) is 3.20. The van der Waals surface area contributed by atoms with Gasteiger partial charge in [-0.1, -0.05) is 84.9 Å². The Hall–Kier alpha value is -5.88. The molecule has 0 fully saturated rings. The number of anilines is 6. The van der Waals surface area contributed by atoms with Gasteiger partial charge in [0.15, 0.2) is 0 Å². The van der Waals surface area contributed by atoms with Crippen LogP contribution < -0.4 is 9.80 Å². The fourth-order valence-corrected chi connectivity index (χ4v) is 6.47. The second-order valence-electron chi connectivity index (χ2n) is 11.1. The lowest BCUT2D eigenvalue weighted by Crippen LogP contribution is -2.14. The minimum absolute atomic E-state index is 0.202. The summed E-state index contributed by atoms with van der Waals surface area (Å²) in [5, 5.41) is 5.10. The van der Waals surface area contributed by atoms with Gasteiger partial charge in [0.1, 0.15) is 23.3 Å². The zero-order valence-corrected chi connectivity index (χ0v) is 24.3. The van der Waals surface area contributed by atoms with Crippen molar-refractivity contribution in [2.75, 3.05) is 9.80 Å². The number of rotatable bonds is 6. The van der Waals surface area contributed by atoms with Crippen molar-refractivity contribution in [1.29, 1.82) is 0 Å². The van der Waals surface area contributed by atoms with Gasteiger partial charge in [0, 0.05) is 10.8 Å². The maximum absolute atomic E-state index is 15.4. The summed E-state index contributed by atoms with van der Waals surface area (Å²) in [6.07, 6.45) is 0. The van der Waals surface area contributed by atoms with Crippen LogP contribution >= 0.6 is 0 Å². The second kappa shape index (κ2) is 10.9. The minimum atomic E-state index is -0.496. The molecule has 2 nitrogen and oxygen atoms in total. The Morgan fingerprint density at radius 1 is 0.283 bits per heavy atom. The van der Waals surface area contributed by atoms with E-state index in [2.05, 4.69) is 0 Å². The summed E-state index contributed by atoms with van der Waals surface area (Å²) < 4.78 is 61.8. The molecule has 0 spiro atoms. The average molecular weight is 609 g/mol. The molecule has 222 valence electrons. The smallest absolute Gasteiger partial charge is 0.147 e. The summed E-state index contributed by atoms with van der Waals surface area (Å²) >= 11 is 0. The molecular formula is C40H24F4N2. The van der Waals surface area contributed by atoms with Gasteiger partial charge in [-0.3, -0.25) is 0 Å². The highest BCUT2D eigenvalue weighted by Gasteiger charge is 2.25. The zero-order valence-electron chi connectivity index (χ0n) is 24.3. The summed E-state index contributed by atoms with van der Waals surface area (Å²) in [5.74, 6) is -1.98. The Labute approximate surface area is 262 Å². The number of nitrogens with zero attached hydrogens (tertiary/aromatic N) is 2. The minimum Gasteiger partial charge on any atom is -0.304 e. The normalized spacial score (nSPS) is 11.5. The van der Waals surface area contributed by atoms with Crippen LogP contribution in [0.1, 0.15) is 0 Å². The topological polar surface area (TPSA) is 6.48 Å². The molecule has 46 heavy (non-hydrogen) atoms. The van der Waals surface area contributed by atoms with E-state index in [0.717, 1.165) is 32.3 Å². The molecule has 0 amide bonds. The fourth-order valence-electron chi connectivity index (χ4n) is 6.47. The van der Waals surface area contributed by atoms with Gasteiger partial charge in [-0.2, -0.15) is 0 Å². The monoisotopic (exact) mass is 608 g/mol. The lowest BCUT2D eigenvalue weighted by Gasteiger charge is -2.29. The molecular weight excluding hydrogens is 584 g/mol. The largest absolute Gasteiger partial charge is 0.304 e. The van der Waals surface area contributed by atoms with E-state index in [9.17, 15) is 0 Å². The van der Waals surface area contributed by atoms with Crippen LogP contribution in [0.15, 0.2) is 146 Å². The van der Waals surface area contributed by atoms with E-state index in [0.29, 0.717) is 11.4 Å². The molecule has 0 aromatic heterocycles. The summed E-state index contributed by atoms with van der Waals surface area (Å²) in [6.45, 7) is 0. The van der Waals surface area contributed by atoms with Crippen molar-refractivity contribution in [3.63, 3.8) is 0 Å². The Morgan fingerprint density at radius 3 is 0.870 bits per heavy atom. The van der Waals surface area contributed by atoms with Crippen LogP contribution in [0, 0.1) is 23.3 Å². The summed E-state index contributed by atoms with van der Waals surface area (Å²) in [6, 6.07) is 40.6. The highest BCUT2D eigenvalue weighted by molar-refractivity contribution is 6.28. The first-order valence-corrected chi connectivity index (χ1v) is 14.8. The van der Waals surface area contributed by atoms with Crippen molar-refractivity contribution in [3.05, 3.63) is 169 Å². The standard InChI is InChI=1S/C40H24F4N2/c41-29-9-1-5-13-35(29)45(36-14-6-2-10-30(36)42)33-23-19-25-18-22-28-34(24-20-26-17-21-27(33)39(25)40(26)28)46(37-15-7-3-11-31(37)43)38-16-8-4-12-32(38)44/h1-24H. The predicted molar refractivity (Wildman–Crippen MR) is 179 cm³/mol. The summed E-state index contributed by atoms with van der Waals surface area (Å²) in [5.41, 5.74) is 1.98. The highest BCUT2D eigenvalue weighted by atomic mass is 19.1. The Balaban J connectivity index is 1.44. The van der Waals surface area contributed by atoms with Crippen molar-refractivity contribution >= 4 is 66.4 Å². The Morgan fingerprint density at radius 2 is 0.565 bits per heavy atom. The molecule has 0 radical (unpaired) electrons. The molecule has 0 N–H and O–H groups in total. The molecule has 0 saturated heterocycles. The Kier molecular flexibility index (Phi) is 6.57. The van der Waals surface area contributed by atoms with E-state index in [4.69, 9.17) is 0 Å². The van der Waals surface area contributed by atoms with Gasteiger partial charge in [-0.15, -0.1) is 0 Å². The van der Waals surface area contributed by atoms with Gasteiger partial charge in [0.05, 0.1) is 34.1 Å². The van der Waals surface area contributed by atoms with Gasteiger partial charge in [0.2, 0.25) is 0 Å². The molecule has 0 unspecified atom stereocenters. The number of benzene rings is 8. The van der Waals surface area contributed by atoms with E-state index in [1.54, 1.807) is 82.6 Å². The summed E-state index contributed by atoms with van der Waals surface area (Å²) in [7, 11) is 0. The van der Waals surface area contributed by atoms with Crippen LogP contribution in [0.5, 0.6) is 0 Å². The Bertz CT molecular complexity index is 2140. The first kappa shape index (κ1) is 27.7. The van der Waals surface area contributed by atoms with Crippen molar-refractivity contribution < 1.29 is 17.6 Å². The lowest BCUT2D eigenvalue weighted by molar-refractivity contribution is 0.619. The number of halogens is 4. The van der Waals surface area contributed by atoms with Gasteiger partial charge < -0.3 is 9.80 Å². The molecule has 0 aliphatic carbocycles. The van der Waals surface area contributed by atoms with E-state index >= 15 is 17.6 Å². The SMILES string of the molecule is Fc1ccccc1N(c1ccccc1F)c1ccc2ccc3c(N(c4ccccc4F)c4ccccc4F)ccc4ccc1c2c43. The second-order valence-corrected chi connectivity index (χ2v) is 11.1. The fraction of sp³-hybridized carbons (Fsp3) is 0. The van der Waals surface area contributed by atoms with Crippen LogP contribution in [0.25, 0.3) is 32.3 Å². The molecule has 0 aliphatic rings. The van der Waals surface area contributed by atoms with Gasteiger partial charge in [-0.05, 0) is 82.2 Å². The molecule has 8 rings (SSSR count). The van der Waals surface area contributed by atoms with Gasteiger partial charge >= 0.3 is 0 Å². The third-order valence-corrected chi connectivity index (χ3v) is 8.47. The molecule has 8 aromatic carbocycles. The zero-order chi connectivity index (χ0) is 31.4. The van der Waals surface area contributed by atoms with E-state index < -0.39 is 23.3 Å². The van der Waals surface area contributed by atoms with E-state index in [-0.39, 0.29) is 22.7 Å². The third kappa shape index (κ3) is 4.33. The van der Waals surface area contributed by atoms with Crippen LogP contribution in [0.3, 0.4) is 0 Å². The molecule has 0 heterocycles. The van der Waals surface area contributed by atoms with E-state index in [1.807, 2.05) is 48.5 Å². The van der Waals surface area contributed by atoms with Crippen LogP contribution in [-0.4, -0.2) is 0 Å². The molecule has 8 aromatic rings. The number of hydrogen-bond acceptors (Lipinski definition) is 2. The maximum Gasteiger partial charge on any atom is 0.147 e. The molecule has 0 saturated carbocycles. The number of hydrogen-bond donors (Lipinski definition) is 0. The highest BCUT2D eigenvalue weighted by Crippen LogP contribution is 2.48. The van der Waals surface area contributed by atoms with Crippen molar-refractivity contribution in [2.45, 2.75) is 0 Å². The quantitative estimate of drug-likeness (QED) is 0.137. The van der Waals surface area contributed by atoms with Gasteiger partial charge in [0.25, 0.3) is 0 Å². The first-order valence-electron chi connectivity index (χ1n) is 14.8. The predicted octanol–water partition coefficient (Wildman–Crippen LogP) is 12.1. The average Bonchev–Trinajstić information content (AvgIpc) is 3.08. The molecule has 0 bridgehead atoms. The maximum atomic E-state index is 15.4. The lowest BCUT2D eigenvalue weighted by atomic mass is 9.91. The first-order chi connectivity index (χ1) is 22.5. The van der Waals surface area contributed by atoms with Crippen LogP contribution in [0.4, 0.5) is 51.7 Å². The van der Waals surface area contributed by atoms with Crippen LogP contribution in [0.2, 0.25) is 0 Å². The molecule has 6 heteroatoms. The van der Waals surface area contributed by atoms with Gasteiger partial charge in [-0.25, -0.2) is 17.6 Å². The van der Waals surface area contributed by atoms with Crippen molar-refractivity contribution in [2.24, 2.45) is 0 Å².